The van der Waals surface area contributed by atoms with Crippen LogP contribution in [-0.4, -0.2) is 16.5 Å². The third-order valence-electron chi connectivity index (χ3n) is 2.83. The third-order valence-corrected chi connectivity index (χ3v) is 2.83. The molecule has 0 amide bonds. The molecule has 102 valence electrons. The van der Waals surface area contributed by atoms with Gasteiger partial charge >= 0.3 is 0 Å². The highest BCUT2D eigenvalue weighted by molar-refractivity contribution is 5.84. The van der Waals surface area contributed by atoms with Gasteiger partial charge in [0.2, 0.25) is 11.8 Å². The van der Waals surface area contributed by atoms with E-state index in [0.29, 0.717) is 18.4 Å². The first-order valence-electron chi connectivity index (χ1n) is 6.52. The summed E-state index contributed by atoms with van der Waals surface area (Å²) in [5.41, 5.74) is 0.855. The Morgan fingerprint density at radius 1 is 1.15 bits per heavy atom. The summed E-state index contributed by atoms with van der Waals surface area (Å²) in [6.07, 6.45) is 1.63. The number of nitrogens with zero attached hydrogens (tertiary/aromatic N) is 2. The molecule has 0 spiro atoms. The van der Waals surface area contributed by atoms with E-state index in [1.165, 1.54) is 0 Å². The summed E-state index contributed by atoms with van der Waals surface area (Å²) in [6.45, 7) is 3.11. The number of furan rings is 1. The van der Waals surface area contributed by atoms with Gasteiger partial charge in [0.25, 0.3) is 0 Å². The second-order valence-corrected chi connectivity index (χ2v) is 4.27. The molecule has 0 fully saturated rings. The SMILES string of the molecule is CCNc1nc(OCc2ccco2)c2ccccc2n1. The van der Waals surface area contributed by atoms with Gasteiger partial charge in [-0.3, -0.25) is 0 Å². The molecule has 0 bridgehead atoms. The van der Waals surface area contributed by atoms with Crippen LogP contribution in [0, 0.1) is 0 Å². The van der Waals surface area contributed by atoms with E-state index in [-0.39, 0.29) is 0 Å². The predicted octanol–water partition coefficient (Wildman–Crippen LogP) is 3.23. The zero-order valence-corrected chi connectivity index (χ0v) is 11.2. The molecule has 3 aromatic rings. The number of rotatable bonds is 5. The fourth-order valence-corrected chi connectivity index (χ4v) is 1.93. The van der Waals surface area contributed by atoms with Gasteiger partial charge in [0.15, 0.2) is 0 Å². The number of aromatic nitrogens is 2. The van der Waals surface area contributed by atoms with E-state index >= 15 is 0 Å². The van der Waals surface area contributed by atoms with Crippen LogP contribution in [0.5, 0.6) is 5.88 Å². The first kappa shape index (κ1) is 12.5. The van der Waals surface area contributed by atoms with E-state index in [1.54, 1.807) is 6.26 Å². The summed E-state index contributed by atoms with van der Waals surface area (Å²) in [5.74, 6) is 1.89. The summed E-state index contributed by atoms with van der Waals surface area (Å²) in [7, 11) is 0. The van der Waals surface area contributed by atoms with Gasteiger partial charge in [-0.05, 0) is 31.2 Å². The molecule has 0 aliphatic heterocycles. The average molecular weight is 269 g/mol. The van der Waals surface area contributed by atoms with Crippen LogP contribution in [0.3, 0.4) is 0 Å². The Morgan fingerprint density at radius 2 is 2.05 bits per heavy atom. The van der Waals surface area contributed by atoms with Crippen molar-refractivity contribution < 1.29 is 9.15 Å². The Bertz CT molecular complexity index is 695. The predicted molar refractivity (Wildman–Crippen MR) is 76.7 cm³/mol. The molecule has 0 unspecified atom stereocenters. The van der Waals surface area contributed by atoms with Gasteiger partial charge in [-0.1, -0.05) is 12.1 Å². The lowest BCUT2D eigenvalue weighted by molar-refractivity contribution is 0.264. The van der Waals surface area contributed by atoms with Crippen LogP contribution in [-0.2, 0) is 6.61 Å². The van der Waals surface area contributed by atoms with Crippen LogP contribution in [0.4, 0.5) is 5.95 Å². The van der Waals surface area contributed by atoms with E-state index in [0.717, 1.165) is 23.2 Å². The van der Waals surface area contributed by atoms with Crippen molar-refractivity contribution in [1.82, 2.24) is 9.97 Å². The van der Waals surface area contributed by atoms with Crippen LogP contribution in [0.1, 0.15) is 12.7 Å². The monoisotopic (exact) mass is 269 g/mol. The molecule has 2 heterocycles. The zero-order chi connectivity index (χ0) is 13.8. The lowest BCUT2D eigenvalue weighted by Gasteiger charge is -2.09. The van der Waals surface area contributed by atoms with Crippen molar-refractivity contribution >= 4 is 16.9 Å². The van der Waals surface area contributed by atoms with E-state index < -0.39 is 0 Å². The van der Waals surface area contributed by atoms with Crippen molar-refractivity contribution in [3.8, 4) is 5.88 Å². The molecule has 3 rings (SSSR count). The second-order valence-electron chi connectivity index (χ2n) is 4.27. The minimum atomic E-state index is 0.347. The molecule has 0 radical (unpaired) electrons. The van der Waals surface area contributed by atoms with Crippen LogP contribution in [0.2, 0.25) is 0 Å². The van der Waals surface area contributed by atoms with Crippen molar-refractivity contribution in [3.63, 3.8) is 0 Å². The Morgan fingerprint density at radius 3 is 2.85 bits per heavy atom. The summed E-state index contributed by atoms with van der Waals surface area (Å²) in [6, 6.07) is 11.5. The van der Waals surface area contributed by atoms with Crippen LogP contribution in [0.15, 0.2) is 47.1 Å². The van der Waals surface area contributed by atoms with Gasteiger partial charge in [0.05, 0.1) is 17.2 Å². The number of para-hydroxylation sites is 1. The first-order chi connectivity index (χ1) is 9.86. The van der Waals surface area contributed by atoms with Crippen molar-refractivity contribution in [2.24, 2.45) is 0 Å². The number of ether oxygens (including phenoxy) is 1. The van der Waals surface area contributed by atoms with E-state index in [2.05, 4.69) is 15.3 Å². The van der Waals surface area contributed by atoms with Crippen molar-refractivity contribution in [1.29, 1.82) is 0 Å². The second kappa shape index (κ2) is 5.61. The topological polar surface area (TPSA) is 60.2 Å². The summed E-state index contributed by atoms with van der Waals surface area (Å²) < 4.78 is 11.0. The van der Waals surface area contributed by atoms with E-state index in [4.69, 9.17) is 9.15 Å². The molecule has 0 atom stereocenters. The highest BCUT2D eigenvalue weighted by Crippen LogP contribution is 2.24. The molecule has 0 aliphatic carbocycles. The number of anilines is 1. The fraction of sp³-hybridized carbons (Fsp3) is 0.200. The van der Waals surface area contributed by atoms with Crippen molar-refractivity contribution in [2.75, 3.05) is 11.9 Å². The number of benzene rings is 1. The molecule has 0 saturated heterocycles. The Labute approximate surface area is 116 Å². The van der Waals surface area contributed by atoms with Crippen LogP contribution in [0.25, 0.3) is 10.9 Å². The Hall–Kier alpha value is -2.56. The largest absolute Gasteiger partial charge is 0.469 e. The van der Waals surface area contributed by atoms with Gasteiger partial charge in [-0.15, -0.1) is 0 Å². The van der Waals surface area contributed by atoms with Gasteiger partial charge in [-0.25, -0.2) is 4.98 Å². The molecule has 1 aromatic carbocycles. The quantitative estimate of drug-likeness (QED) is 0.770. The number of nitrogens with one attached hydrogen (secondary N) is 1. The van der Waals surface area contributed by atoms with E-state index in [1.807, 2.05) is 43.3 Å². The summed E-state index contributed by atoms with van der Waals surface area (Å²) in [5, 5.41) is 4.00. The summed E-state index contributed by atoms with van der Waals surface area (Å²) >= 11 is 0. The molecule has 20 heavy (non-hydrogen) atoms. The number of hydrogen-bond donors (Lipinski definition) is 1. The molecule has 0 saturated carbocycles. The maximum Gasteiger partial charge on any atom is 0.226 e. The Balaban J connectivity index is 1.94. The van der Waals surface area contributed by atoms with Crippen LogP contribution < -0.4 is 10.1 Å². The molecule has 5 heteroatoms. The highest BCUT2D eigenvalue weighted by atomic mass is 16.5. The molecule has 2 aromatic heterocycles. The van der Waals surface area contributed by atoms with Crippen molar-refractivity contribution in [2.45, 2.75) is 13.5 Å². The average Bonchev–Trinajstić information content (AvgIpc) is 2.98. The molecular weight excluding hydrogens is 254 g/mol. The smallest absolute Gasteiger partial charge is 0.226 e. The number of hydrogen-bond acceptors (Lipinski definition) is 5. The van der Waals surface area contributed by atoms with Crippen molar-refractivity contribution in [3.05, 3.63) is 48.4 Å². The molecular formula is C15H15N3O2. The fourth-order valence-electron chi connectivity index (χ4n) is 1.93. The normalized spacial score (nSPS) is 10.7. The van der Waals surface area contributed by atoms with E-state index in [9.17, 15) is 0 Å². The molecule has 1 N–H and O–H groups in total. The highest BCUT2D eigenvalue weighted by Gasteiger charge is 2.09. The van der Waals surface area contributed by atoms with Gasteiger partial charge in [0.1, 0.15) is 12.4 Å². The zero-order valence-electron chi connectivity index (χ0n) is 11.2. The van der Waals surface area contributed by atoms with Gasteiger partial charge in [0, 0.05) is 6.54 Å². The lowest BCUT2D eigenvalue weighted by atomic mass is 10.2. The molecule has 0 aliphatic rings. The standard InChI is InChI=1S/C15H15N3O2/c1-2-16-15-17-13-8-4-3-7-12(13)14(18-15)20-10-11-6-5-9-19-11/h3-9H,2,10H2,1H3,(H,16,17,18). The maximum atomic E-state index is 5.77. The summed E-state index contributed by atoms with van der Waals surface area (Å²) in [4.78, 5) is 8.85. The van der Waals surface area contributed by atoms with Crippen LogP contribution >= 0.6 is 0 Å². The maximum absolute atomic E-state index is 5.77. The number of fused-ring (bicyclic) bond motifs is 1. The minimum absolute atomic E-state index is 0.347. The van der Waals surface area contributed by atoms with Gasteiger partial charge < -0.3 is 14.5 Å². The lowest BCUT2D eigenvalue weighted by Crippen LogP contribution is -2.05. The first-order valence-corrected chi connectivity index (χ1v) is 6.52. The molecule has 5 nitrogen and oxygen atoms in total. The Kier molecular flexibility index (Phi) is 3.50. The third kappa shape index (κ3) is 2.56. The van der Waals surface area contributed by atoms with Gasteiger partial charge in [-0.2, -0.15) is 4.98 Å². The minimum Gasteiger partial charge on any atom is -0.469 e.